The van der Waals surface area contributed by atoms with Crippen molar-refractivity contribution in [2.45, 2.75) is 39.3 Å². The third-order valence-electron chi connectivity index (χ3n) is 2.70. The number of aromatic amines is 1. The molecule has 0 fully saturated rings. The highest BCUT2D eigenvalue weighted by Crippen LogP contribution is 2.22. The molecule has 0 unspecified atom stereocenters. The van der Waals surface area contributed by atoms with Crippen molar-refractivity contribution < 1.29 is 14.6 Å². The van der Waals surface area contributed by atoms with E-state index in [2.05, 4.69) is 20.3 Å². The van der Waals surface area contributed by atoms with Gasteiger partial charge in [0.25, 0.3) is 0 Å². The van der Waals surface area contributed by atoms with Crippen LogP contribution in [0.4, 0.5) is 5.82 Å². The van der Waals surface area contributed by atoms with E-state index in [0.29, 0.717) is 22.5 Å². The van der Waals surface area contributed by atoms with Gasteiger partial charge < -0.3 is 20.1 Å². The minimum atomic E-state index is -0.563. The first kappa shape index (κ1) is 15.2. The Morgan fingerprint density at radius 3 is 2.81 bits per heavy atom. The molecular weight excluding hydrogens is 272 g/mol. The van der Waals surface area contributed by atoms with E-state index < -0.39 is 11.6 Å². The van der Waals surface area contributed by atoms with Gasteiger partial charge in [0.15, 0.2) is 0 Å². The Morgan fingerprint density at radius 1 is 1.48 bits per heavy atom. The van der Waals surface area contributed by atoms with Crippen molar-refractivity contribution in [1.29, 1.82) is 0 Å². The summed E-state index contributed by atoms with van der Waals surface area (Å²) in [6, 6.07) is 1.50. The molecule has 0 aliphatic heterocycles. The molecule has 0 amide bonds. The number of carbonyl (C=O) groups excluding carboxylic acids is 1. The topological polar surface area (TPSA) is 100 Å². The van der Waals surface area contributed by atoms with Gasteiger partial charge >= 0.3 is 5.97 Å². The summed E-state index contributed by atoms with van der Waals surface area (Å²) in [7, 11) is 0. The fraction of sp³-hybridized carbons (Fsp3) is 0.500. The van der Waals surface area contributed by atoms with E-state index in [9.17, 15) is 4.79 Å². The Labute approximate surface area is 122 Å². The van der Waals surface area contributed by atoms with Gasteiger partial charge in [0.05, 0.1) is 12.0 Å². The average Bonchev–Trinajstić information content (AvgIpc) is 2.81. The molecule has 2 aromatic heterocycles. The van der Waals surface area contributed by atoms with E-state index in [0.717, 1.165) is 0 Å². The number of hydrogen-bond acceptors (Lipinski definition) is 6. The number of carbonyl (C=O) groups is 1. The number of anilines is 1. The zero-order valence-corrected chi connectivity index (χ0v) is 12.6. The predicted molar refractivity (Wildman–Crippen MR) is 79.2 cm³/mol. The first-order valence-corrected chi connectivity index (χ1v) is 6.74. The van der Waals surface area contributed by atoms with Crippen LogP contribution in [0, 0.1) is 0 Å². The molecular formula is C14H20N4O3. The van der Waals surface area contributed by atoms with Gasteiger partial charge in [-0.3, -0.25) is 0 Å². The summed E-state index contributed by atoms with van der Waals surface area (Å²) in [6.45, 7) is 7.24. The van der Waals surface area contributed by atoms with Crippen molar-refractivity contribution >= 4 is 22.8 Å². The largest absolute Gasteiger partial charge is 0.455 e. The summed E-state index contributed by atoms with van der Waals surface area (Å²) >= 11 is 0. The number of hydrogen-bond donors (Lipinski definition) is 3. The van der Waals surface area contributed by atoms with Gasteiger partial charge in [0.1, 0.15) is 29.1 Å². The molecule has 3 N–H and O–H groups in total. The number of aliphatic hydroxyl groups excluding tert-OH is 1. The predicted octanol–water partition coefficient (Wildman–Crippen LogP) is 1.71. The third-order valence-corrected chi connectivity index (χ3v) is 2.70. The fourth-order valence-corrected chi connectivity index (χ4v) is 1.78. The molecule has 0 aromatic carbocycles. The summed E-state index contributed by atoms with van der Waals surface area (Å²) < 4.78 is 5.32. The molecule has 21 heavy (non-hydrogen) atoms. The van der Waals surface area contributed by atoms with Crippen LogP contribution in [0.25, 0.3) is 11.0 Å². The SMILES string of the molecule is C[C@@H](CO)Nc1ncnc2[nH]c(C(=O)OC(C)(C)C)cc12. The first-order valence-electron chi connectivity index (χ1n) is 6.74. The molecule has 0 spiro atoms. The van der Waals surface area contributed by atoms with E-state index in [1.165, 1.54) is 6.33 Å². The second-order valence-electron chi connectivity index (χ2n) is 5.90. The summed E-state index contributed by atoms with van der Waals surface area (Å²) in [5, 5.41) is 12.8. The van der Waals surface area contributed by atoms with Crippen LogP contribution in [-0.4, -0.2) is 44.3 Å². The number of fused-ring (bicyclic) bond motifs is 1. The van der Waals surface area contributed by atoms with Gasteiger partial charge in [-0.2, -0.15) is 0 Å². The van der Waals surface area contributed by atoms with Crippen molar-refractivity contribution in [3.63, 3.8) is 0 Å². The number of aliphatic hydroxyl groups is 1. The summed E-state index contributed by atoms with van der Waals surface area (Å²) in [6.07, 6.45) is 1.39. The van der Waals surface area contributed by atoms with Gasteiger partial charge in [0.2, 0.25) is 0 Å². The molecule has 2 aromatic rings. The van der Waals surface area contributed by atoms with E-state index in [1.54, 1.807) is 6.07 Å². The Hall–Kier alpha value is -2.15. The van der Waals surface area contributed by atoms with Crippen molar-refractivity contribution in [1.82, 2.24) is 15.0 Å². The van der Waals surface area contributed by atoms with Gasteiger partial charge in [0, 0.05) is 6.04 Å². The quantitative estimate of drug-likeness (QED) is 0.742. The van der Waals surface area contributed by atoms with Crippen LogP contribution in [0.2, 0.25) is 0 Å². The van der Waals surface area contributed by atoms with E-state index >= 15 is 0 Å². The second kappa shape index (κ2) is 5.69. The molecule has 0 saturated heterocycles. The Morgan fingerprint density at radius 2 is 2.19 bits per heavy atom. The molecule has 2 rings (SSSR count). The smallest absolute Gasteiger partial charge is 0.355 e. The molecule has 0 saturated carbocycles. The summed E-state index contributed by atoms with van der Waals surface area (Å²) in [4.78, 5) is 23.2. The van der Waals surface area contributed by atoms with Crippen LogP contribution in [0.15, 0.2) is 12.4 Å². The van der Waals surface area contributed by atoms with Gasteiger partial charge in [-0.05, 0) is 33.8 Å². The maximum absolute atomic E-state index is 12.1. The highest BCUT2D eigenvalue weighted by Gasteiger charge is 2.20. The molecule has 7 heteroatoms. The van der Waals surface area contributed by atoms with Crippen molar-refractivity contribution in [3.8, 4) is 0 Å². The first-order chi connectivity index (χ1) is 9.80. The molecule has 0 radical (unpaired) electrons. The lowest BCUT2D eigenvalue weighted by Gasteiger charge is -2.18. The number of nitrogens with one attached hydrogen (secondary N) is 2. The Balaban J connectivity index is 2.33. The lowest BCUT2D eigenvalue weighted by atomic mass is 10.2. The molecule has 2 heterocycles. The average molecular weight is 292 g/mol. The lowest BCUT2D eigenvalue weighted by molar-refractivity contribution is 0.00638. The van der Waals surface area contributed by atoms with E-state index in [-0.39, 0.29) is 12.6 Å². The number of esters is 1. The van der Waals surface area contributed by atoms with Crippen LogP contribution in [0.1, 0.15) is 38.2 Å². The lowest BCUT2D eigenvalue weighted by Crippen LogP contribution is -2.24. The monoisotopic (exact) mass is 292 g/mol. The zero-order chi connectivity index (χ0) is 15.6. The van der Waals surface area contributed by atoms with Crippen LogP contribution < -0.4 is 5.32 Å². The summed E-state index contributed by atoms with van der Waals surface area (Å²) in [5.41, 5.74) is 0.297. The number of ether oxygens (including phenoxy) is 1. The van der Waals surface area contributed by atoms with Crippen molar-refractivity contribution in [2.24, 2.45) is 0 Å². The minimum Gasteiger partial charge on any atom is -0.455 e. The maximum Gasteiger partial charge on any atom is 0.355 e. The maximum atomic E-state index is 12.1. The number of rotatable bonds is 4. The molecule has 0 aliphatic rings. The number of nitrogens with zero attached hydrogens (tertiary/aromatic N) is 2. The van der Waals surface area contributed by atoms with Crippen molar-refractivity contribution in [3.05, 3.63) is 18.1 Å². The number of H-pyrrole nitrogens is 1. The van der Waals surface area contributed by atoms with Crippen LogP contribution in [0.3, 0.4) is 0 Å². The zero-order valence-electron chi connectivity index (χ0n) is 12.6. The van der Waals surface area contributed by atoms with E-state index in [4.69, 9.17) is 9.84 Å². The van der Waals surface area contributed by atoms with Crippen LogP contribution in [0.5, 0.6) is 0 Å². The number of aromatic nitrogens is 3. The molecule has 1 atom stereocenters. The minimum absolute atomic E-state index is 0.0190. The highest BCUT2D eigenvalue weighted by atomic mass is 16.6. The highest BCUT2D eigenvalue weighted by molar-refractivity contribution is 5.97. The van der Waals surface area contributed by atoms with Gasteiger partial charge in [-0.15, -0.1) is 0 Å². The van der Waals surface area contributed by atoms with Crippen LogP contribution >= 0.6 is 0 Å². The molecule has 0 aliphatic carbocycles. The molecule has 0 bridgehead atoms. The van der Waals surface area contributed by atoms with Crippen molar-refractivity contribution in [2.75, 3.05) is 11.9 Å². The fourth-order valence-electron chi connectivity index (χ4n) is 1.78. The third kappa shape index (κ3) is 3.69. The Bertz CT molecular complexity index is 645. The molecule has 7 nitrogen and oxygen atoms in total. The second-order valence-corrected chi connectivity index (χ2v) is 5.90. The van der Waals surface area contributed by atoms with Gasteiger partial charge in [-0.25, -0.2) is 14.8 Å². The van der Waals surface area contributed by atoms with Gasteiger partial charge in [-0.1, -0.05) is 0 Å². The standard InChI is InChI=1S/C14H20N4O3/c1-8(6-19)17-11-9-5-10(13(20)21-14(2,3)4)18-12(9)16-7-15-11/h5,7-8,19H,6H2,1-4H3,(H2,15,16,17,18)/t8-/m0/s1. The summed E-state index contributed by atoms with van der Waals surface area (Å²) in [5.74, 6) is 0.120. The Kier molecular flexibility index (Phi) is 4.13. The normalized spacial score (nSPS) is 13.2. The van der Waals surface area contributed by atoms with Crippen LogP contribution in [-0.2, 0) is 4.74 Å². The van der Waals surface area contributed by atoms with E-state index in [1.807, 2.05) is 27.7 Å². The molecule has 114 valence electrons.